The molecule has 0 aromatic carbocycles. The van der Waals surface area contributed by atoms with Crippen LogP contribution in [0.1, 0.15) is 367 Å². The van der Waals surface area contributed by atoms with Crippen molar-refractivity contribution in [1.29, 1.82) is 0 Å². The van der Waals surface area contributed by atoms with E-state index in [4.69, 9.17) is 0 Å². The third-order valence-electron chi connectivity index (χ3n) is 15.9. The third kappa shape index (κ3) is 64.5. The Labute approximate surface area is 482 Å². The first-order chi connectivity index (χ1) is 38.2. The molecule has 0 aromatic heterocycles. The Bertz CT molecular complexity index is 1310. The Hall–Kier alpha value is -2.17. The molecule has 4 heteroatoms. The normalized spacial score (nSPS) is 13.1. The van der Waals surface area contributed by atoms with Gasteiger partial charge in [-0.25, -0.2) is 0 Å². The van der Waals surface area contributed by atoms with Crippen molar-refractivity contribution in [3.8, 4) is 0 Å². The number of unbranched alkanes of at least 4 members (excludes halogenated alkanes) is 47. The molecule has 0 radical (unpaired) electrons. The molecule has 3 N–H and O–H groups in total. The number of carbonyl (C=O) groups is 1. The van der Waals surface area contributed by atoms with Crippen molar-refractivity contribution in [2.75, 3.05) is 6.61 Å². The Morgan fingerprint density at radius 2 is 0.584 bits per heavy atom. The molecule has 0 spiro atoms. The van der Waals surface area contributed by atoms with Crippen molar-refractivity contribution >= 4 is 5.91 Å². The molecule has 450 valence electrons. The van der Waals surface area contributed by atoms with Crippen LogP contribution in [-0.2, 0) is 4.79 Å². The first-order valence-electron chi connectivity index (χ1n) is 34.7. The van der Waals surface area contributed by atoms with E-state index in [1.54, 1.807) is 6.08 Å². The summed E-state index contributed by atoms with van der Waals surface area (Å²) in [6.07, 6.45) is 98.5. The number of rotatable bonds is 64. The average Bonchev–Trinajstić information content (AvgIpc) is 3.43. The average molecular weight is 1070 g/mol. The van der Waals surface area contributed by atoms with E-state index in [1.807, 2.05) is 6.08 Å². The fraction of sp³-hybridized carbons (Fsp3) is 0.822. The maximum absolute atomic E-state index is 12.5. The number of allylic oxidation sites excluding steroid dienone is 11. The second-order valence-corrected chi connectivity index (χ2v) is 23.6. The minimum Gasteiger partial charge on any atom is -0.394 e. The molecule has 0 aliphatic rings. The van der Waals surface area contributed by atoms with Crippen LogP contribution in [0.3, 0.4) is 0 Å². The highest BCUT2D eigenvalue weighted by molar-refractivity contribution is 5.76. The minimum absolute atomic E-state index is 0.0675. The van der Waals surface area contributed by atoms with Gasteiger partial charge in [0.1, 0.15) is 0 Å². The van der Waals surface area contributed by atoms with Gasteiger partial charge in [-0.05, 0) is 70.6 Å². The molecule has 0 aliphatic heterocycles. The van der Waals surface area contributed by atoms with Gasteiger partial charge in [0.2, 0.25) is 5.91 Å². The van der Waals surface area contributed by atoms with Crippen molar-refractivity contribution in [3.63, 3.8) is 0 Å². The van der Waals surface area contributed by atoms with Gasteiger partial charge in [-0.3, -0.25) is 4.79 Å². The minimum atomic E-state index is -0.865. The van der Waals surface area contributed by atoms with E-state index < -0.39 is 12.1 Å². The van der Waals surface area contributed by atoms with Gasteiger partial charge in [-0.1, -0.05) is 363 Å². The number of amides is 1. The SMILES string of the molecule is CC/C=C\C/C=C\C/C=C\C/C=C\CCCCCCCCCCCCCCCCCCCCCCCCCCC(=O)NC(CO)C(O)/C=C/CC/C=C/CCCCCCCCCCCCCCCCCCCCCCCC. The second kappa shape index (κ2) is 68.1. The lowest BCUT2D eigenvalue weighted by Crippen LogP contribution is -2.45. The summed E-state index contributed by atoms with van der Waals surface area (Å²) < 4.78 is 0. The number of carbonyl (C=O) groups excluding carboxylic acids is 1. The van der Waals surface area contributed by atoms with Crippen LogP contribution >= 0.6 is 0 Å². The molecular weight excluding hydrogens is 939 g/mol. The topological polar surface area (TPSA) is 69.6 Å². The number of hydrogen-bond acceptors (Lipinski definition) is 3. The molecule has 0 heterocycles. The van der Waals surface area contributed by atoms with Crippen molar-refractivity contribution in [2.45, 2.75) is 379 Å². The number of hydrogen-bond donors (Lipinski definition) is 3. The molecule has 0 aromatic rings. The third-order valence-corrected chi connectivity index (χ3v) is 15.9. The van der Waals surface area contributed by atoms with Crippen molar-refractivity contribution in [2.24, 2.45) is 0 Å². The van der Waals surface area contributed by atoms with Crippen LogP contribution < -0.4 is 5.32 Å². The molecule has 0 saturated heterocycles. The van der Waals surface area contributed by atoms with Gasteiger partial charge in [0.05, 0.1) is 18.8 Å². The molecule has 0 rings (SSSR count). The lowest BCUT2D eigenvalue weighted by atomic mass is 10.0. The zero-order valence-corrected chi connectivity index (χ0v) is 52.0. The van der Waals surface area contributed by atoms with E-state index >= 15 is 0 Å². The summed E-state index contributed by atoms with van der Waals surface area (Å²) in [4.78, 5) is 12.5. The fourth-order valence-electron chi connectivity index (χ4n) is 10.7. The van der Waals surface area contributed by atoms with Crippen molar-refractivity contribution in [1.82, 2.24) is 5.32 Å². The van der Waals surface area contributed by atoms with Crippen LogP contribution in [0.15, 0.2) is 72.9 Å². The predicted octanol–water partition coefficient (Wildman–Crippen LogP) is 23.7. The maximum atomic E-state index is 12.5. The van der Waals surface area contributed by atoms with Crippen LogP contribution in [0, 0.1) is 0 Å². The van der Waals surface area contributed by atoms with E-state index in [2.05, 4.69) is 79.9 Å². The lowest BCUT2D eigenvalue weighted by molar-refractivity contribution is -0.123. The van der Waals surface area contributed by atoms with Gasteiger partial charge < -0.3 is 15.5 Å². The summed E-state index contributed by atoms with van der Waals surface area (Å²) in [5, 5.41) is 23.3. The molecule has 0 aliphatic carbocycles. The largest absolute Gasteiger partial charge is 0.394 e. The standard InChI is InChI=1S/C73H135NO3/c1-3-5-7-9-11-13-15-17-19-21-23-25-27-29-31-33-34-35-36-37-38-39-40-41-43-45-47-49-51-53-55-57-59-61-63-65-67-69-73(77)74-71(70-75)72(76)68-66-64-62-60-58-56-54-52-50-48-46-44-42-32-30-28-26-24-22-20-18-16-14-12-10-8-6-4-2/h5,7,11,13,17,19,23,25,58,60,66,68,71-72,75-76H,3-4,6,8-10,12,14-16,18,20-22,24,26-57,59,61-65,67,69-70H2,1-2H3,(H,74,77)/b7-5-,13-11-,19-17-,25-23-,60-58+,68-66+. The van der Waals surface area contributed by atoms with Crippen LogP contribution in [-0.4, -0.2) is 34.9 Å². The van der Waals surface area contributed by atoms with Gasteiger partial charge in [0, 0.05) is 6.42 Å². The van der Waals surface area contributed by atoms with E-state index in [0.29, 0.717) is 6.42 Å². The molecule has 0 saturated carbocycles. The molecule has 1 amide bonds. The lowest BCUT2D eigenvalue weighted by Gasteiger charge is -2.19. The van der Waals surface area contributed by atoms with Crippen LogP contribution in [0.25, 0.3) is 0 Å². The molecule has 0 bridgehead atoms. The summed E-state index contributed by atoms with van der Waals surface area (Å²) in [5.41, 5.74) is 0. The van der Waals surface area contributed by atoms with E-state index in [-0.39, 0.29) is 12.5 Å². The number of nitrogens with one attached hydrogen (secondary N) is 1. The van der Waals surface area contributed by atoms with Crippen LogP contribution in [0.5, 0.6) is 0 Å². The zero-order chi connectivity index (χ0) is 55.5. The molecule has 4 nitrogen and oxygen atoms in total. The first kappa shape index (κ1) is 74.8. The quantitative estimate of drug-likeness (QED) is 0.0420. The Kier molecular flexibility index (Phi) is 66.2. The van der Waals surface area contributed by atoms with E-state index in [1.165, 1.54) is 289 Å². The summed E-state index contributed by atoms with van der Waals surface area (Å²) in [6, 6.07) is -0.641. The highest BCUT2D eigenvalue weighted by atomic mass is 16.3. The Morgan fingerprint density at radius 3 is 0.909 bits per heavy atom. The van der Waals surface area contributed by atoms with Crippen molar-refractivity contribution in [3.05, 3.63) is 72.9 Å². The van der Waals surface area contributed by atoms with Gasteiger partial charge in [-0.2, -0.15) is 0 Å². The van der Waals surface area contributed by atoms with Crippen molar-refractivity contribution < 1.29 is 15.0 Å². The molecule has 77 heavy (non-hydrogen) atoms. The van der Waals surface area contributed by atoms with Gasteiger partial charge >= 0.3 is 0 Å². The monoisotopic (exact) mass is 1070 g/mol. The van der Waals surface area contributed by atoms with Gasteiger partial charge in [0.15, 0.2) is 0 Å². The number of aliphatic hydroxyl groups excluding tert-OH is 2. The Balaban J connectivity index is 3.45. The highest BCUT2D eigenvalue weighted by Gasteiger charge is 2.18. The summed E-state index contributed by atoms with van der Waals surface area (Å²) in [7, 11) is 0. The van der Waals surface area contributed by atoms with Crippen LogP contribution in [0.2, 0.25) is 0 Å². The fourth-order valence-corrected chi connectivity index (χ4v) is 10.7. The smallest absolute Gasteiger partial charge is 0.220 e. The summed E-state index contributed by atoms with van der Waals surface area (Å²) in [6.45, 7) is 4.22. The van der Waals surface area contributed by atoms with Crippen LogP contribution in [0.4, 0.5) is 0 Å². The zero-order valence-electron chi connectivity index (χ0n) is 52.0. The van der Waals surface area contributed by atoms with Gasteiger partial charge in [-0.15, -0.1) is 0 Å². The van der Waals surface area contributed by atoms with E-state index in [9.17, 15) is 15.0 Å². The molecule has 2 atom stereocenters. The van der Waals surface area contributed by atoms with Gasteiger partial charge in [0.25, 0.3) is 0 Å². The predicted molar refractivity (Wildman–Crippen MR) is 345 cm³/mol. The second-order valence-electron chi connectivity index (χ2n) is 23.6. The maximum Gasteiger partial charge on any atom is 0.220 e. The molecule has 2 unspecified atom stereocenters. The Morgan fingerprint density at radius 1 is 0.325 bits per heavy atom. The summed E-state index contributed by atoms with van der Waals surface area (Å²) >= 11 is 0. The summed E-state index contributed by atoms with van der Waals surface area (Å²) in [5.74, 6) is -0.0675. The first-order valence-corrected chi connectivity index (χ1v) is 34.7. The highest BCUT2D eigenvalue weighted by Crippen LogP contribution is 2.19. The molecule has 0 fully saturated rings. The van der Waals surface area contributed by atoms with E-state index in [0.717, 1.165) is 57.8 Å². The number of aliphatic hydroxyl groups is 2. The molecular formula is C73H135NO3.